The Hall–Kier alpha value is -1.82. The number of esters is 1. The summed E-state index contributed by atoms with van der Waals surface area (Å²) < 4.78 is 10.7. The Balaban J connectivity index is 2.82. The zero-order chi connectivity index (χ0) is 16.8. The smallest absolute Gasteiger partial charge is 0.412 e. The quantitative estimate of drug-likeness (QED) is 0.631. The highest BCUT2D eigenvalue weighted by Gasteiger charge is 2.17. The van der Waals surface area contributed by atoms with Crippen LogP contribution in [0.3, 0.4) is 0 Å². The molecule has 0 atom stereocenters. The van der Waals surface area contributed by atoms with Crippen molar-refractivity contribution in [3.05, 3.63) is 34.3 Å². The molecule has 0 aliphatic carbocycles. The van der Waals surface area contributed by atoms with Gasteiger partial charge in [0.05, 0.1) is 12.3 Å². The summed E-state index contributed by atoms with van der Waals surface area (Å²) >= 11 is 3.36. The molecule has 0 saturated carbocycles. The van der Waals surface area contributed by atoms with Crippen molar-refractivity contribution in [2.45, 2.75) is 33.3 Å². The van der Waals surface area contributed by atoms with Gasteiger partial charge in [0.1, 0.15) is 5.60 Å². The molecule has 0 spiro atoms. The van der Waals surface area contributed by atoms with E-state index in [1.54, 1.807) is 52.0 Å². The predicted molar refractivity (Wildman–Crippen MR) is 89.7 cm³/mol. The fourth-order valence-corrected chi connectivity index (χ4v) is 1.86. The first kappa shape index (κ1) is 18.2. The summed E-state index contributed by atoms with van der Waals surface area (Å²) in [5, 5.41) is 2.66. The van der Waals surface area contributed by atoms with Crippen LogP contribution in [0.25, 0.3) is 6.08 Å². The van der Waals surface area contributed by atoms with Crippen LogP contribution in [0.2, 0.25) is 0 Å². The largest absolute Gasteiger partial charge is 0.463 e. The van der Waals surface area contributed by atoms with Crippen LogP contribution in [0, 0.1) is 0 Å². The predicted octanol–water partition coefficient (Wildman–Crippen LogP) is 4.37. The van der Waals surface area contributed by atoms with Crippen LogP contribution in [-0.4, -0.2) is 24.3 Å². The van der Waals surface area contributed by atoms with Gasteiger partial charge >= 0.3 is 12.1 Å². The maximum Gasteiger partial charge on any atom is 0.412 e. The van der Waals surface area contributed by atoms with Crippen molar-refractivity contribution in [1.82, 2.24) is 0 Å². The molecular formula is C16H20BrNO4. The molecule has 1 aromatic rings. The monoisotopic (exact) mass is 369 g/mol. The molecular weight excluding hydrogens is 350 g/mol. The third-order valence-corrected chi connectivity index (χ3v) is 3.02. The minimum absolute atomic E-state index is 0.328. The molecule has 6 heteroatoms. The van der Waals surface area contributed by atoms with Crippen LogP contribution < -0.4 is 5.32 Å². The third kappa shape index (κ3) is 6.76. The highest BCUT2D eigenvalue weighted by molar-refractivity contribution is 9.10. The number of anilines is 1. The number of hydrogen-bond acceptors (Lipinski definition) is 4. The lowest BCUT2D eigenvalue weighted by atomic mass is 10.2. The molecule has 1 amide bonds. The van der Waals surface area contributed by atoms with E-state index in [0.29, 0.717) is 16.8 Å². The number of halogens is 1. The van der Waals surface area contributed by atoms with Crippen LogP contribution in [0.1, 0.15) is 33.3 Å². The van der Waals surface area contributed by atoms with Crippen molar-refractivity contribution < 1.29 is 19.1 Å². The standard InChI is InChI=1S/C16H20BrNO4/c1-5-21-14(19)9-7-11-6-8-12(17)13(10-11)18-15(20)22-16(2,3)4/h6-10H,5H2,1-4H3,(H,18,20)/b9-7+. The molecule has 0 heterocycles. The number of benzene rings is 1. The van der Waals surface area contributed by atoms with Gasteiger partial charge in [-0.3, -0.25) is 5.32 Å². The number of carbonyl (C=O) groups is 2. The average Bonchev–Trinajstić information content (AvgIpc) is 2.38. The average molecular weight is 370 g/mol. The number of ether oxygens (including phenoxy) is 2. The Bertz CT molecular complexity index is 576. The lowest BCUT2D eigenvalue weighted by Crippen LogP contribution is -2.27. The van der Waals surface area contributed by atoms with E-state index >= 15 is 0 Å². The van der Waals surface area contributed by atoms with Crippen molar-refractivity contribution in [2.75, 3.05) is 11.9 Å². The molecule has 0 unspecified atom stereocenters. The van der Waals surface area contributed by atoms with E-state index in [1.165, 1.54) is 6.08 Å². The highest BCUT2D eigenvalue weighted by Crippen LogP contribution is 2.25. The molecule has 120 valence electrons. The minimum Gasteiger partial charge on any atom is -0.463 e. The highest BCUT2D eigenvalue weighted by atomic mass is 79.9. The lowest BCUT2D eigenvalue weighted by Gasteiger charge is -2.20. The van der Waals surface area contributed by atoms with E-state index in [0.717, 1.165) is 5.56 Å². The molecule has 0 bridgehead atoms. The van der Waals surface area contributed by atoms with Gasteiger partial charge in [-0.15, -0.1) is 0 Å². The summed E-state index contributed by atoms with van der Waals surface area (Å²) in [5.41, 5.74) is 0.736. The van der Waals surface area contributed by atoms with E-state index in [4.69, 9.17) is 9.47 Å². The van der Waals surface area contributed by atoms with Crippen LogP contribution in [0.4, 0.5) is 10.5 Å². The van der Waals surface area contributed by atoms with Gasteiger partial charge in [-0.1, -0.05) is 6.07 Å². The fourth-order valence-electron chi connectivity index (χ4n) is 1.51. The SMILES string of the molecule is CCOC(=O)/C=C/c1ccc(Br)c(NC(=O)OC(C)(C)C)c1. The molecule has 0 aliphatic rings. The zero-order valence-corrected chi connectivity index (χ0v) is 14.7. The Morgan fingerprint density at radius 1 is 1.32 bits per heavy atom. The van der Waals surface area contributed by atoms with Gasteiger partial charge in [-0.05, 0) is 67.4 Å². The van der Waals surface area contributed by atoms with E-state index in [2.05, 4.69) is 21.2 Å². The summed E-state index contributed by atoms with van der Waals surface area (Å²) in [4.78, 5) is 23.1. The van der Waals surface area contributed by atoms with Gasteiger partial charge in [0.15, 0.2) is 0 Å². The molecule has 0 radical (unpaired) electrons. The normalized spacial score (nSPS) is 11.3. The number of carbonyl (C=O) groups excluding carboxylic acids is 2. The third-order valence-electron chi connectivity index (χ3n) is 2.32. The first-order valence-electron chi connectivity index (χ1n) is 6.85. The molecule has 0 saturated heterocycles. The van der Waals surface area contributed by atoms with Crippen molar-refractivity contribution in [1.29, 1.82) is 0 Å². The number of hydrogen-bond donors (Lipinski definition) is 1. The van der Waals surface area contributed by atoms with Crippen LogP contribution >= 0.6 is 15.9 Å². The maximum absolute atomic E-state index is 11.8. The molecule has 0 fully saturated rings. The Labute approximate surface area is 138 Å². The summed E-state index contributed by atoms with van der Waals surface area (Å²) in [7, 11) is 0. The maximum atomic E-state index is 11.8. The summed E-state index contributed by atoms with van der Waals surface area (Å²) in [6, 6.07) is 5.31. The van der Waals surface area contributed by atoms with E-state index < -0.39 is 17.7 Å². The van der Waals surface area contributed by atoms with Crippen LogP contribution in [0.5, 0.6) is 0 Å². The van der Waals surface area contributed by atoms with Gasteiger partial charge in [-0.25, -0.2) is 9.59 Å². The van der Waals surface area contributed by atoms with Crippen molar-refractivity contribution in [3.63, 3.8) is 0 Å². The fraction of sp³-hybridized carbons (Fsp3) is 0.375. The van der Waals surface area contributed by atoms with Gasteiger partial charge in [0, 0.05) is 10.5 Å². The summed E-state index contributed by atoms with van der Waals surface area (Å²) in [6.07, 6.45) is 2.41. The first-order valence-corrected chi connectivity index (χ1v) is 7.65. The van der Waals surface area contributed by atoms with Crippen LogP contribution in [-0.2, 0) is 14.3 Å². The van der Waals surface area contributed by atoms with Crippen LogP contribution in [0.15, 0.2) is 28.7 Å². The molecule has 1 N–H and O–H groups in total. The molecule has 0 aromatic heterocycles. The number of rotatable bonds is 4. The zero-order valence-electron chi connectivity index (χ0n) is 13.1. The Morgan fingerprint density at radius 3 is 2.59 bits per heavy atom. The second kappa shape index (κ2) is 7.98. The lowest BCUT2D eigenvalue weighted by molar-refractivity contribution is -0.137. The summed E-state index contributed by atoms with van der Waals surface area (Å²) in [5.74, 6) is -0.410. The molecule has 22 heavy (non-hydrogen) atoms. The van der Waals surface area contributed by atoms with E-state index in [-0.39, 0.29) is 0 Å². The van der Waals surface area contributed by atoms with Gasteiger partial charge < -0.3 is 9.47 Å². The molecule has 0 aliphatic heterocycles. The van der Waals surface area contributed by atoms with Crippen molar-refractivity contribution in [2.24, 2.45) is 0 Å². The second-order valence-corrected chi connectivity index (χ2v) is 6.31. The second-order valence-electron chi connectivity index (χ2n) is 5.45. The van der Waals surface area contributed by atoms with E-state index in [1.807, 2.05) is 0 Å². The molecule has 1 aromatic carbocycles. The first-order chi connectivity index (χ1) is 10.2. The summed E-state index contributed by atoms with van der Waals surface area (Å²) in [6.45, 7) is 7.45. The topological polar surface area (TPSA) is 64.6 Å². The van der Waals surface area contributed by atoms with Crippen molar-refractivity contribution >= 4 is 39.8 Å². The van der Waals surface area contributed by atoms with Gasteiger partial charge in [0.25, 0.3) is 0 Å². The Kier molecular flexibility index (Phi) is 6.61. The number of amides is 1. The number of nitrogens with one attached hydrogen (secondary N) is 1. The van der Waals surface area contributed by atoms with E-state index in [9.17, 15) is 9.59 Å². The molecule has 1 rings (SSSR count). The van der Waals surface area contributed by atoms with Gasteiger partial charge in [0.2, 0.25) is 0 Å². The Morgan fingerprint density at radius 2 is 2.00 bits per heavy atom. The minimum atomic E-state index is -0.571. The van der Waals surface area contributed by atoms with Gasteiger partial charge in [-0.2, -0.15) is 0 Å². The molecule has 5 nitrogen and oxygen atoms in total. The van der Waals surface area contributed by atoms with Crippen molar-refractivity contribution in [3.8, 4) is 0 Å².